The number of benzene rings is 1. The Morgan fingerprint density at radius 1 is 1.04 bits per heavy atom. The van der Waals surface area contributed by atoms with Gasteiger partial charge in [0.05, 0.1) is 8.07 Å². The highest BCUT2D eigenvalue weighted by Gasteiger charge is 2.26. The molecule has 1 heterocycles. The van der Waals surface area contributed by atoms with Crippen molar-refractivity contribution in [2.45, 2.75) is 53.8 Å². The van der Waals surface area contributed by atoms with Crippen LogP contribution in [0, 0.1) is 19.8 Å². The molecule has 0 atom stereocenters. The molecule has 0 saturated heterocycles. The van der Waals surface area contributed by atoms with E-state index < -0.39 is 8.07 Å². The summed E-state index contributed by atoms with van der Waals surface area (Å²) < 4.78 is 2.33. The Balaban J connectivity index is 2.68. The summed E-state index contributed by atoms with van der Waals surface area (Å²) in [4.78, 5) is 0. The molecule has 2 heteroatoms. The average Bonchev–Trinajstić information content (AvgIpc) is 2.41. The van der Waals surface area contributed by atoms with E-state index in [0.717, 1.165) is 6.42 Å². The summed E-state index contributed by atoms with van der Waals surface area (Å²) in [6.45, 7) is 16.4. The minimum absolute atomic E-state index is 0.685. The molecule has 0 amide bonds. The molecule has 0 unspecified atom stereocenters. The lowest BCUT2D eigenvalue weighted by Gasteiger charge is -2.21. The molecule has 0 aliphatic rings. The largest absolute Gasteiger partial charge is 0.212 e. The second-order valence-electron chi connectivity index (χ2n) is 8.37. The van der Waals surface area contributed by atoms with Gasteiger partial charge in [-0.15, -0.1) is 0 Å². The molecule has 0 fully saturated rings. The van der Waals surface area contributed by atoms with Crippen LogP contribution in [0.5, 0.6) is 0 Å². The molecule has 124 valence electrons. The van der Waals surface area contributed by atoms with E-state index in [0.29, 0.717) is 5.92 Å². The van der Waals surface area contributed by atoms with Crippen molar-refractivity contribution in [3.63, 3.8) is 0 Å². The lowest BCUT2D eigenvalue weighted by molar-refractivity contribution is -0.659. The zero-order valence-electron chi connectivity index (χ0n) is 16.1. The molecule has 0 bridgehead atoms. The first kappa shape index (κ1) is 17.9. The Labute approximate surface area is 143 Å². The van der Waals surface area contributed by atoms with E-state index in [9.17, 15) is 0 Å². The SMILES string of the molecule is Cc1ccc(C)c(-c2cc(CC(C)C)c([Si](C)(C)C)c[n+]2C)c1. The number of aryl methyl sites for hydroxylation is 3. The summed E-state index contributed by atoms with van der Waals surface area (Å²) in [6, 6.07) is 9.21. The third-order valence-corrected chi connectivity index (χ3v) is 6.53. The number of nitrogens with zero attached hydrogens (tertiary/aromatic N) is 1. The zero-order valence-corrected chi connectivity index (χ0v) is 17.1. The first-order valence-corrected chi connectivity index (χ1v) is 12.2. The number of pyridine rings is 1. The number of aromatic nitrogens is 1. The molecule has 2 rings (SSSR count). The van der Waals surface area contributed by atoms with E-state index in [4.69, 9.17) is 0 Å². The summed E-state index contributed by atoms with van der Waals surface area (Å²) in [5.41, 5.74) is 6.92. The fourth-order valence-electron chi connectivity index (χ4n) is 3.25. The van der Waals surface area contributed by atoms with Crippen molar-refractivity contribution in [2.75, 3.05) is 0 Å². The second kappa shape index (κ2) is 6.60. The Morgan fingerprint density at radius 2 is 1.70 bits per heavy atom. The van der Waals surface area contributed by atoms with Crippen molar-refractivity contribution >= 4 is 13.3 Å². The highest BCUT2D eigenvalue weighted by atomic mass is 28.3. The van der Waals surface area contributed by atoms with Gasteiger partial charge in [-0.25, -0.2) is 4.57 Å². The fraction of sp³-hybridized carbons (Fsp3) is 0.476. The van der Waals surface area contributed by atoms with Gasteiger partial charge < -0.3 is 0 Å². The van der Waals surface area contributed by atoms with Gasteiger partial charge >= 0.3 is 0 Å². The molecule has 0 N–H and O–H groups in total. The van der Waals surface area contributed by atoms with Gasteiger partial charge in [0, 0.05) is 16.8 Å². The molecule has 23 heavy (non-hydrogen) atoms. The number of hydrogen-bond donors (Lipinski definition) is 0. The first-order chi connectivity index (χ1) is 10.6. The molecular weight excluding hydrogens is 294 g/mol. The van der Waals surface area contributed by atoms with Gasteiger partial charge in [-0.2, -0.15) is 0 Å². The molecule has 0 aliphatic heterocycles. The van der Waals surface area contributed by atoms with Crippen LogP contribution in [-0.4, -0.2) is 8.07 Å². The minimum Gasteiger partial charge on any atom is -0.201 e. The normalized spacial score (nSPS) is 12.0. The standard InChI is InChI=1S/C21H32NSi/c1-15(2)11-18-13-20(19-12-16(3)9-10-17(19)4)22(5)14-21(18)23(6,7)8/h9-10,12-15H,11H2,1-8H3/q+1. The quantitative estimate of drug-likeness (QED) is 0.574. The predicted octanol–water partition coefficient (Wildman–Crippen LogP) is 4.54. The molecule has 0 aliphatic carbocycles. The Morgan fingerprint density at radius 3 is 2.26 bits per heavy atom. The van der Waals surface area contributed by atoms with Gasteiger partial charge in [0.2, 0.25) is 5.69 Å². The van der Waals surface area contributed by atoms with E-state index in [2.05, 4.69) is 89.4 Å². The van der Waals surface area contributed by atoms with Crippen LogP contribution in [0.4, 0.5) is 0 Å². The highest BCUT2D eigenvalue weighted by Crippen LogP contribution is 2.23. The second-order valence-corrected chi connectivity index (χ2v) is 13.4. The summed E-state index contributed by atoms with van der Waals surface area (Å²) in [6.07, 6.45) is 3.57. The smallest absolute Gasteiger partial charge is 0.201 e. The zero-order chi connectivity index (χ0) is 17.4. The summed E-state index contributed by atoms with van der Waals surface area (Å²) in [7, 11) is 0.849. The summed E-state index contributed by atoms with van der Waals surface area (Å²) in [5, 5.41) is 1.60. The third-order valence-electron chi connectivity index (χ3n) is 4.46. The maximum Gasteiger partial charge on any atom is 0.212 e. The van der Waals surface area contributed by atoms with Crippen molar-refractivity contribution < 1.29 is 4.57 Å². The topological polar surface area (TPSA) is 3.88 Å². The summed E-state index contributed by atoms with van der Waals surface area (Å²) in [5.74, 6) is 0.685. The molecule has 1 nitrogen and oxygen atoms in total. The van der Waals surface area contributed by atoms with Gasteiger partial charge in [0.25, 0.3) is 0 Å². The van der Waals surface area contributed by atoms with Gasteiger partial charge in [-0.05, 0) is 43.4 Å². The summed E-state index contributed by atoms with van der Waals surface area (Å²) >= 11 is 0. The fourth-order valence-corrected chi connectivity index (χ4v) is 4.97. The van der Waals surface area contributed by atoms with Crippen molar-refractivity contribution in [2.24, 2.45) is 13.0 Å². The predicted molar refractivity (Wildman–Crippen MR) is 104 cm³/mol. The maximum atomic E-state index is 2.45. The monoisotopic (exact) mass is 326 g/mol. The van der Waals surface area contributed by atoms with Crippen molar-refractivity contribution in [1.82, 2.24) is 0 Å². The van der Waals surface area contributed by atoms with Crippen molar-refractivity contribution in [3.8, 4) is 11.3 Å². The minimum atomic E-state index is -1.35. The van der Waals surface area contributed by atoms with Crippen LogP contribution >= 0.6 is 0 Å². The lowest BCUT2D eigenvalue weighted by Crippen LogP contribution is -2.47. The van der Waals surface area contributed by atoms with Gasteiger partial charge in [-0.3, -0.25) is 0 Å². The van der Waals surface area contributed by atoms with Crippen LogP contribution in [0.3, 0.4) is 0 Å². The van der Waals surface area contributed by atoms with E-state index in [1.54, 1.807) is 10.8 Å². The Kier molecular flexibility index (Phi) is 5.15. The van der Waals surface area contributed by atoms with Crippen molar-refractivity contribution in [3.05, 3.63) is 47.2 Å². The van der Waals surface area contributed by atoms with Gasteiger partial charge in [-0.1, -0.05) is 51.2 Å². The van der Waals surface area contributed by atoms with Crippen LogP contribution in [0.15, 0.2) is 30.5 Å². The van der Waals surface area contributed by atoms with E-state index in [-0.39, 0.29) is 0 Å². The number of hydrogen-bond acceptors (Lipinski definition) is 0. The third kappa shape index (κ3) is 4.11. The lowest BCUT2D eigenvalue weighted by atomic mass is 9.98. The molecule has 2 aromatic rings. The Hall–Kier alpha value is -1.41. The van der Waals surface area contributed by atoms with Crippen LogP contribution < -0.4 is 9.75 Å². The van der Waals surface area contributed by atoms with E-state index >= 15 is 0 Å². The Bertz CT molecular complexity index is 709. The van der Waals surface area contributed by atoms with Crippen LogP contribution in [0.2, 0.25) is 19.6 Å². The van der Waals surface area contributed by atoms with Crippen molar-refractivity contribution in [1.29, 1.82) is 0 Å². The molecule has 0 radical (unpaired) electrons. The average molecular weight is 327 g/mol. The molecular formula is C21H32NSi+. The van der Waals surface area contributed by atoms with E-state index in [1.165, 1.54) is 22.4 Å². The number of rotatable bonds is 4. The molecule has 0 saturated carbocycles. The first-order valence-electron chi connectivity index (χ1n) is 8.70. The highest BCUT2D eigenvalue weighted by molar-refractivity contribution is 6.88. The molecule has 1 aromatic heterocycles. The maximum absolute atomic E-state index is 2.45. The van der Waals surface area contributed by atoms with Gasteiger partial charge in [0.15, 0.2) is 6.20 Å². The van der Waals surface area contributed by atoms with Gasteiger partial charge in [0.1, 0.15) is 7.05 Å². The van der Waals surface area contributed by atoms with Crippen LogP contribution in [-0.2, 0) is 13.5 Å². The van der Waals surface area contributed by atoms with Crippen LogP contribution in [0.1, 0.15) is 30.5 Å². The van der Waals surface area contributed by atoms with Crippen LogP contribution in [0.25, 0.3) is 11.3 Å². The molecule has 0 spiro atoms. The van der Waals surface area contributed by atoms with E-state index in [1.807, 2.05) is 0 Å². The molecule has 1 aromatic carbocycles.